The van der Waals surface area contributed by atoms with Gasteiger partial charge in [-0.15, -0.1) is 0 Å². The number of fused-ring (bicyclic) bond motifs is 1. The highest BCUT2D eigenvalue weighted by Gasteiger charge is 2.21. The molecule has 2 aliphatic rings. The molecule has 0 atom stereocenters. The molecule has 1 aromatic heterocycles. The van der Waals surface area contributed by atoms with E-state index in [1.165, 1.54) is 35.1 Å². The summed E-state index contributed by atoms with van der Waals surface area (Å²) in [6, 6.07) is 7.26. The molecule has 4 nitrogen and oxygen atoms in total. The summed E-state index contributed by atoms with van der Waals surface area (Å²) in [5, 5.41) is 10.9. The SMILES string of the molecule is c1cc2c(cc1-c1[nH]ncc1CNC1CC1)COC2. The zero-order chi connectivity index (χ0) is 12.7. The molecule has 0 unspecified atom stereocenters. The van der Waals surface area contributed by atoms with Crippen molar-refractivity contribution in [1.29, 1.82) is 0 Å². The van der Waals surface area contributed by atoms with Crippen molar-refractivity contribution in [3.63, 3.8) is 0 Å². The van der Waals surface area contributed by atoms with Crippen molar-refractivity contribution in [2.45, 2.75) is 38.6 Å². The molecule has 0 bridgehead atoms. The van der Waals surface area contributed by atoms with Crippen molar-refractivity contribution in [3.05, 3.63) is 41.1 Å². The summed E-state index contributed by atoms with van der Waals surface area (Å²) in [5.74, 6) is 0. The lowest BCUT2D eigenvalue weighted by Crippen LogP contribution is -2.15. The van der Waals surface area contributed by atoms with E-state index >= 15 is 0 Å². The van der Waals surface area contributed by atoms with Crippen LogP contribution in [0.2, 0.25) is 0 Å². The first-order chi connectivity index (χ1) is 9.40. The maximum atomic E-state index is 5.47. The zero-order valence-electron chi connectivity index (χ0n) is 10.8. The van der Waals surface area contributed by atoms with Crippen LogP contribution in [0.15, 0.2) is 24.4 Å². The maximum absolute atomic E-state index is 5.47. The quantitative estimate of drug-likeness (QED) is 0.881. The number of nitrogens with zero attached hydrogens (tertiary/aromatic N) is 1. The summed E-state index contributed by atoms with van der Waals surface area (Å²) in [5.41, 5.74) is 6.18. The number of aromatic nitrogens is 2. The Labute approximate surface area is 112 Å². The highest BCUT2D eigenvalue weighted by molar-refractivity contribution is 5.64. The fourth-order valence-electron chi connectivity index (χ4n) is 2.56. The molecule has 0 saturated heterocycles. The van der Waals surface area contributed by atoms with Crippen LogP contribution in [0.5, 0.6) is 0 Å². The van der Waals surface area contributed by atoms with E-state index in [9.17, 15) is 0 Å². The molecule has 1 aliphatic heterocycles. The molecule has 1 fully saturated rings. The Morgan fingerprint density at radius 1 is 1.26 bits per heavy atom. The van der Waals surface area contributed by atoms with E-state index in [4.69, 9.17) is 4.74 Å². The van der Waals surface area contributed by atoms with Crippen molar-refractivity contribution in [3.8, 4) is 11.3 Å². The van der Waals surface area contributed by atoms with Crippen LogP contribution in [-0.2, 0) is 24.5 Å². The molecule has 4 rings (SSSR count). The molecule has 1 aromatic carbocycles. The normalized spacial score (nSPS) is 17.7. The monoisotopic (exact) mass is 255 g/mol. The zero-order valence-corrected chi connectivity index (χ0v) is 10.8. The lowest BCUT2D eigenvalue weighted by Gasteiger charge is -2.06. The number of hydrogen-bond acceptors (Lipinski definition) is 3. The molecule has 4 heteroatoms. The average molecular weight is 255 g/mol. The number of nitrogens with one attached hydrogen (secondary N) is 2. The predicted molar refractivity (Wildman–Crippen MR) is 72.4 cm³/mol. The molecular formula is C15H17N3O. The molecule has 0 spiro atoms. The van der Waals surface area contributed by atoms with Crippen LogP contribution in [-0.4, -0.2) is 16.2 Å². The van der Waals surface area contributed by atoms with Gasteiger partial charge in [0.25, 0.3) is 0 Å². The third kappa shape index (κ3) is 2.17. The number of rotatable bonds is 4. The second-order valence-corrected chi connectivity index (χ2v) is 5.40. The van der Waals surface area contributed by atoms with E-state index in [-0.39, 0.29) is 0 Å². The van der Waals surface area contributed by atoms with Crippen molar-refractivity contribution >= 4 is 0 Å². The summed E-state index contributed by atoms with van der Waals surface area (Å²) >= 11 is 0. The summed E-state index contributed by atoms with van der Waals surface area (Å²) in [6.07, 6.45) is 4.54. The van der Waals surface area contributed by atoms with Gasteiger partial charge in [-0.05, 0) is 30.0 Å². The highest BCUT2D eigenvalue weighted by atomic mass is 16.5. The Morgan fingerprint density at radius 3 is 3.05 bits per heavy atom. The van der Waals surface area contributed by atoms with Gasteiger partial charge in [-0.25, -0.2) is 0 Å². The summed E-state index contributed by atoms with van der Waals surface area (Å²) in [6.45, 7) is 2.37. The number of benzene rings is 1. The molecule has 2 N–H and O–H groups in total. The summed E-state index contributed by atoms with van der Waals surface area (Å²) < 4.78 is 5.47. The van der Waals surface area contributed by atoms with E-state index in [1.54, 1.807) is 0 Å². The third-order valence-corrected chi connectivity index (χ3v) is 3.89. The van der Waals surface area contributed by atoms with Gasteiger partial charge >= 0.3 is 0 Å². The topological polar surface area (TPSA) is 49.9 Å². The third-order valence-electron chi connectivity index (χ3n) is 3.89. The molecule has 98 valence electrons. The van der Waals surface area contributed by atoms with Crippen LogP contribution >= 0.6 is 0 Å². The van der Waals surface area contributed by atoms with Gasteiger partial charge in [0.15, 0.2) is 0 Å². The average Bonchev–Trinajstić information content (AvgIpc) is 2.97. The number of H-pyrrole nitrogens is 1. The van der Waals surface area contributed by atoms with E-state index in [2.05, 4.69) is 33.7 Å². The van der Waals surface area contributed by atoms with E-state index in [0.29, 0.717) is 0 Å². The van der Waals surface area contributed by atoms with E-state index < -0.39 is 0 Å². The Balaban J connectivity index is 1.62. The summed E-state index contributed by atoms with van der Waals surface area (Å²) in [7, 11) is 0. The Morgan fingerprint density at radius 2 is 2.16 bits per heavy atom. The van der Waals surface area contributed by atoms with Gasteiger partial charge in [0.1, 0.15) is 0 Å². The van der Waals surface area contributed by atoms with Gasteiger partial charge in [-0.3, -0.25) is 5.10 Å². The van der Waals surface area contributed by atoms with Gasteiger partial charge < -0.3 is 10.1 Å². The van der Waals surface area contributed by atoms with Crippen molar-refractivity contribution < 1.29 is 4.74 Å². The lowest BCUT2D eigenvalue weighted by molar-refractivity contribution is 0.134. The predicted octanol–water partition coefficient (Wildman–Crippen LogP) is 2.36. The fraction of sp³-hybridized carbons (Fsp3) is 0.400. The van der Waals surface area contributed by atoms with E-state index in [0.717, 1.165) is 31.5 Å². The molecule has 1 saturated carbocycles. The minimum absolute atomic E-state index is 0.719. The van der Waals surface area contributed by atoms with Crippen LogP contribution in [0.1, 0.15) is 29.5 Å². The second kappa shape index (κ2) is 4.47. The molecule has 19 heavy (non-hydrogen) atoms. The summed E-state index contributed by atoms with van der Waals surface area (Å²) in [4.78, 5) is 0. The molecule has 0 amide bonds. The fourth-order valence-corrected chi connectivity index (χ4v) is 2.56. The first kappa shape index (κ1) is 11.2. The van der Waals surface area contributed by atoms with Gasteiger partial charge in [0.05, 0.1) is 25.1 Å². The largest absolute Gasteiger partial charge is 0.372 e. The Kier molecular flexibility index (Phi) is 2.64. The van der Waals surface area contributed by atoms with Crippen LogP contribution in [0, 0.1) is 0 Å². The Bertz CT molecular complexity index is 601. The molecule has 0 radical (unpaired) electrons. The molecule has 2 aromatic rings. The lowest BCUT2D eigenvalue weighted by atomic mass is 10.0. The maximum Gasteiger partial charge on any atom is 0.0725 e. The van der Waals surface area contributed by atoms with Crippen molar-refractivity contribution in [2.24, 2.45) is 0 Å². The van der Waals surface area contributed by atoms with Gasteiger partial charge in [-0.1, -0.05) is 12.1 Å². The minimum atomic E-state index is 0.719. The number of aromatic amines is 1. The second-order valence-electron chi connectivity index (χ2n) is 5.40. The van der Waals surface area contributed by atoms with Crippen LogP contribution in [0.25, 0.3) is 11.3 Å². The molecular weight excluding hydrogens is 238 g/mol. The van der Waals surface area contributed by atoms with Gasteiger partial charge in [0, 0.05) is 23.7 Å². The van der Waals surface area contributed by atoms with Crippen LogP contribution < -0.4 is 5.32 Å². The van der Waals surface area contributed by atoms with Crippen LogP contribution in [0.4, 0.5) is 0 Å². The van der Waals surface area contributed by atoms with E-state index in [1.807, 2.05) is 6.20 Å². The smallest absolute Gasteiger partial charge is 0.0725 e. The Hall–Kier alpha value is -1.65. The standard InChI is InChI=1S/C15H17N3O/c1-2-11-8-19-9-12(11)5-10(1)15-13(7-17-18-15)6-16-14-3-4-14/h1-2,5,7,14,16H,3-4,6,8-9H2,(H,17,18). The molecule has 1 aliphatic carbocycles. The van der Waals surface area contributed by atoms with Crippen LogP contribution in [0.3, 0.4) is 0 Å². The van der Waals surface area contributed by atoms with Gasteiger partial charge in [-0.2, -0.15) is 5.10 Å². The number of hydrogen-bond donors (Lipinski definition) is 2. The van der Waals surface area contributed by atoms with Gasteiger partial charge in [0.2, 0.25) is 0 Å². The minimum Gasteiger partial charge on any atom is -0.372 e. The first-order valence-electron chi connectivity index (χ1n) is 6.86. The molecule has 2 heterocycles. The highest BCUT2D eigenvalue weighted by Crippen LogP contribution is 2.28. The number of ether oxygens (including phenoxy) is 1. The van der Waals surface area contributed by atoms with Crippen molar-refractivity contribution in [1.82, 2.24) is 15.5 Å². The van der Waals surface area contributed by atoms with Crippen molar-refractivity contribution in [2.75, 3.05) is 0 Å². The first-order valence-corrected chi connectivity index (χ1v) is 6.86.